The molecular formula is C19H30ClN. The number of hydrogen-bond acceptors (Lipinski definition) is 1. The van der Waals surface area contributed by atoms with Crippen LogP contribution in [0.5, 0.6) is 0 Å². The molecular weight excluding hydrogens is 278 g/mol. The van der Waals surface area contributed by atoms with Crippen molar-refractivity contribution in [2.75, 3.05) is 6.54 Å². The van der Waals surface area contributed by atoms with Gasteiger partial charge in [0.15, 0.2) is 0 Å². The highest BCUT2D eigenvalue weighted by molar-refractivity contribution is 6.31. The summed E-state index contributed by atoms with van der Waals surface area (Å²) in [7, 11) is 0. The van der Waals surface area contributed by atoms with Gasteiger partial charge in [-0.1, -0.05) is 50.4 Å². The zero-order chi connectivity index (χ0) is 15.3. The first-order valence-corrected chi connectivity index (χ1v) is 8.97. The van der Waals surface area contributed by atoms with E-state index in [1.807, 2.05) is 0 Å². The number of rotatable bonds is 7. The van der Waals surface area contributed by atoms with Gasteiger partial charge in [-0.15, -0.1) is 0 Å². The molecule has 1 aromatic carbocycles. The number of halogens is 1. The van der Waals surface area contributed by atoms with Crippen LogP contribution in [0.1, 0.15) is 63.5 Å². The predicted molar refractivity (Wildman–Crippen MR) is 93.2 cm³/mol. The third kappa shape index (κ3) is 4.02. The van der Waals surface area contributed by atoms with Gasteiger partial charge in [-0.3, -0.25) is 0 Å². The van der Waals surface area contributed by atoms with E-state index >= 15 is 0 Å². The van der Waals surface area contributed by atoms with Crippen LogP contribution in [-0.4, -0.2) is 12.6 Å². The van der Waals surface area contributed by atoms with Crippen molar-refractivity contribution in [3.63, 3.8) is 0 Å². The van der Waals surface area contributed by atoms with Gasteiger partial charge in [0.2, 0.25) is 0 Å². The molecule has 0 bridgehead atoms. The van der Waals surface area contributed by atoms with E-state index in [2.05, 4.69) is 44.3 Å². The summed E-state index contributed by atoms with van der Waals surface area (Å²) < 4.78 is 0. The van der Waals surface area contributed by atoms with Crippen LogP contribution in [0, 0.1) is 12.3 Å². The molecule has 0 heterocycles. The molecule has 0 radical (unpaired) electrons. The van der Waals surface area contributed by atoms with Crippen LogP contribution in [0.3, 0.4) is 0 Å². The average Bonchev–Trinajstić information content (AvgIpc) is 2.95. The molecule has 1 fully saturated rings. The Labute approximate surface area is 135 Å². The normalized spacial score (nSPS) is 18.9. The van der Waals surface area contributed by atoms with E-state index in [-0.39, 0.29) is 0 Å². The Morgan fingerprint density at radius 2 is 1.95 bits per heavy atom. The third-order valence-corrected chi connectivity index (χ3v) is 5.67. The fourth-order valence-electron chi connectivity index (χ4n) is 3.89. The molecule has 1 unspecified atom stereocenters. The van der Waals surface area contributed by atoms with Crippen LogP contribution in [0.4, 0.5) is 0 Å². The SMILES string of the molecule is CCCNC(Cc1ccc(C)cc1Cl)C1(CC)CCCC1. The molecule has 0 spiro atoms. The van der Waals surface area contributed by atoms with Crippen LogP contribution < -0.4 is 5.32 Å². The van der Waals surface area contributed by atoms with Crippen molar-refractivity contribution in [2.24, 2.45) is 5.41 Å². The Kier molecular flexibility index (Phi) is 6.13. The van der Waals surface area contributed by atoms with Gasteiger partial charge in [0, 0.05) is 11.1 Å². The molecule has 2 heteroatoms. The molecule has 0 aliphatic heterocycles. The topological polar surface area (TPSA) is 12.0 Å². The summed E-state index contributed by atoms with van der Waals surface area (Å²) in [5.41, 5.74) is 3.02. The fourth-order valence-corrected chi connectivity index (χ4v) is 4.20. The van der Waals surface area contributed by atoms with Crippen molar-refractivity contribution in [3.05, 3.63) is 34.3 Å². The van der Waals surface area contributed by atoms with Crippen LogP contribution in [0.15, 0.2) is 18.2 Å². The molecule has 118 valence electrons. The average molecular weight is 308 g/mol. The number of hydrogen-bond donors (Lipinski definition) is 1. The van der Waals surface area contributed by atoms with E-state index in [9.17, 15) is 0 Å². The molecule has 1 atom stereocenters. The lowest BCUT2D eigenvalue weighted by atomic mass is 9.74. The summed E-state index contributed by atoms with van der Waals surface area (Å²) in [6.45, 7) is 7.82. The summed E-state index contributed by atoms with van der Waals surface area (Å²) in [5, 5.41) is 4.77. The minimum absolute atomic E-state index is 0.476. The molecule has 2 rings (SSSR count). The molecule has 1 aliphatic carbocycles. The smallest absolute Gasteiger partial charge is 0.0441 e. The van der Waals surface area contributed by atoms with Gasteiger partial charge in [0.05, 0.1) is 0 Å². The van der Waals surface area contributed by atoms with Crippen LogP contribution in [-0.2, 0) is 6.42 Å². The minimum atomic E-state index is 0.476. The summed E-state index contributed by atoms with van der Waals surface area (Å²) in [6.07, 6.45) is 9.05. The van der Waals surface area contributed by atoms with Gasteiger partial charge in [-0.2, -0.15) is 0 Å². The zero-order valence-electron chi connectivity index (χ0n) is 13.8. The minimum Gasteiger partial charge on any atom is -0.313 e. The molecule has 0 aromatic heterocycles. The first-order valence-electron chi connectivity index (χ1n) is 8.59. The van der Waals surface area contributed by atoms with Crippen molar-refractivity contribution in [1.82, 2.24) is 5.32 Å². The van der Waals surface area contributed by atoms with E-state index in [4.69, 9.17) is 11.6 Å². The molecule has 1 saturated carbocycles. The van der Waals surface area contributed by atoms with Crippen LogP contribution in [0.2, 0.25) is 5.02 Å². The van der Waals surface area contributed by atoms with Crippen molar-refractivity contribution in [2.45, 2.75) is 71.8 Å². The Balaban J connectivity index is 2.19. The van der Waals surface area contributed by atoms with Gasteiger partial charge < -0.3 is 5.32 Å². The Morgan fingerprint density at radius 3 is 2.52 bits per heavy atom. The summed E-state index contributed by atoms with van der Waals surface area (Å²) in [6, 6.07) is 7.06. The first-order chi connectivity index (χ1) is 10.1. The highest BCUT2D eigenvalue weighted by atomic mass is 35.5. The molecule has 0 saturated heterocycles. The highest BCUT2D eigenvalue weighted by Crippen LogP contribution is 2.45. The van der Waals surface area contributed by atoms with Gasteiger partial charge in [-0.05, 0) is 68.2 Å². The fraction of sp³-hybridized carbons (Fsp3) is 0.684. The van der Waals surface area contributed by atoms with Crippen molar-refractivity contribution in [1.29, 1.82) is 0 Å². The monoisotopic (exact) mass is 307 g/mol. The molecule has 1 aliphatic rings. The van der Waals surface area contributed by atoms with Crippen molar-refractivity contribution in [3.8, 4) is 0 Å². The maximum Gasteiger partial charge on any atom is 0.0441 e. The second-order valence-electron chi connectivity index (χ2n) is 6.73. The van der Waals surface area contributed by atoms with Crippen LogP contribution >= 0.6 is 11.6 Å². The van der Waals surface area contributed by atoms with E-state index in [0.717, 1.165) is 18.0 Å². The van der Waals surface area contributed by atoms with Gasteiger partial charge >= 0.3 is 0 Å². The lowest BCUT2D eigenvalue weighted by molar-refractivity contribution is 0.184. The second kappa shape index (κ2) is 7.65. The molecule has 21 heavy (non-hydrogen) atoms. The van der Waals surface area contributed by atoms with Crippen LogP contribution in [0.25, 0.3) is 0 Å². The summed E-state index contributed by atoms with van der Waals surface area (Å²) >= 11 is 6.48. The zero-order valence-corrected chi connectivity index (χ0v) is 14.6. The predicted octanol–water partition coefficient (Wildman–Crippen LogP) is 5.53. The molecule has 1 aromatic rings. The standard InChI is InChI=1S/C19H30ClN/c1-4-12-21-18(19(5-2)10-6-7-11-19)14-16-9-8-15(3)13-17(16)20/h8-9,13,18,21H,4-7,10-12,14H2,1-3H3. The Hall–Kier alpha value is -0.530. The maximum absolute atomic E-state index is 6.48. The number of nitrogens with one attached hydrogen (secondary N) is 1. The number of aryl methyl sites for hydroxylation is 1. The highest BCUT2D eigenvalue weighted by Gasteiger charge is 2.39. The molecule has 0 amide bonds. The van der Waals surface area contributed by atoms with E-state index in [1.54, 1.807) is 0 Å². The van der Waals surface area contributed by atoms with E-state index in [0.29, 0.717) is 11.5 Å². The molecule has 1 nitrogen and oxygen atoms in total. The van der Waals surface area contributed by atoms with Crippen molar-refractivity contribution >= 4 is 11.6 Å². The van der Waals surface area contributed by atoms with Gasteiger partial charge in [-0.25, -0.2) is 0 Å². The summed E-state index contributed by atoms with van der Waals surface area (Å²) in [4.78, 5) is 0. The second-order valence-corrected chi connectivity index (χ2v) is 7.14. The third-order valence-electron chi connectivity index (χ3n) is 5.32. The largest absolute Gasteiger partial charge is 0.313 e. The summed E-state index contributed by atoms with van der Waals surface area (Å²) in [5.74, 6) is 0. The van der Waals surface area contributed by atoms with Gasteiger partial charge in [0.1, 0.15) is 0 Å². The van der Waals surface area contributed by atoms with E-state index in [1.165, 1.54) is 49.7 Å². The number of benzene rings is 1. The molecule has 1 N–H and O–H groups in total. The maximum atomic E-state index is 6.48. The quantitative estimate of drug-likeness (QED) is 0.698. The Bertz CT molecular complexity index is 449. The first kappa shape index (κ1) is 16.8. The van der Waals surface area contributed by atoms with E-state index < -0.39 is 0 Å². The lowest BCUT2D eigenvalue weighted by Gasteiger charge is -2.38. The Morgan fingerprint density at radius 1 is 1.24 bits per heavy atom. The van der Waals surface area contributed by atoms with Gasteiger partial charge in [0.25, 0.3) is 0 Å². The van der Waals surface area contributed by atoms with Crippen molar-refractivity contribution < 1.29 is 0 Å². The lowest BCUT2D eigenvalue weighted by Crippen LogP contribution is -2.45.